The van der Waals surface area contributed by atoms with E-state index in [1.807, 2.05) is 0 Å². The van der Waals surface area contributed by atoms with E-state index >= 15 is 0 Å². The van der Waals surface area contributed by atoms with E-state index in [4.69, 9.17) is 9.47 Å². The van der Waals surface area contributed by atoms with Gasteiger partial charge in [-0.3, -0.25) is 0 Å². The van der Waals surface area contributed by atoms with Crippen LogP contribution < -0.4 is 21.5 Å². The van der Waals surface area contributed by atoms with Gasteiger partial charge in [-0.15, -0.1) is 0 Å². The molecule has 1 aromatic heterocycles. The zero-order valence-electron chi connectivity index (χ0n) is 26.5. The lowest BCUT2D eigenvalue weighted by Gasteiger charge is -2.58. The summed E-state index contributed by atoms with van der Waals surface area (Å²) >= 11 is 3.72. The number of aromatic nitrogens is 2. The van der Waals surface area contributed by atoms with E-state index in [0.717, 1.165) is 37.3 Å². The van der Waals surface area contributed by atoms with Gasteiger partial charge in [0.2, 0.25) is 6.33 Å². The fourth-order valence-electron chi connectivity index (χ4n) is 11.5. The number of fused-ring (bicyclic) bond motifs is 7. The summed E-state index contributed by atoms with van der Waals surface area (Å²) in [5.74, 6) is 3.97. The third kappa shape index (κ3) is 4.73. The molecule has 3 saturated carbocycles. The third-order valence-corrected chi connectivity index (χ3v) is 14.6. The van der Waals surface area contributed by atoms with Crippen molar-refractivity contribution in [3.63, 3.8) is 0 Å². The molecule has 1 aromatic carbocycles. The fourth-order valence-corrected chi connectivity index (χ4v) is 11.9. The van der Waals surface area contributed by atoms with Crippen LogP contribution in [0, 0.1) is 46.3 Å². The number of hydrogen-bond donors (Lipinski definition) is 0. The Hall–Kier alpha value is -0.950. The molecule has 4 aliphatic carbocycles. The molecule has 43 heavy (non-hydrogen) atoms. The van der Waals surface area contributed by atoms with Crippen LogP contribution in [0.5, 0.6) is 0 Å². The molecule has 234 valence electrons. The zero-order valence-corrected chi connectivity index (χ0v) is 29.7. The number of hydrogen-bond acceptors (Lipinski definition) is 2. The fraction of sp³-hybridized carbons (Fsp3) is 0.703. The summed E-state index contributed by atoms with van der Waals surface area (Å²) in [6.07, 6.45) is 21.5. The zero-order chi connectivity index (χ0) is 28.9. The number of imidazole rings is 1. The quantitative estimate of drug-likeness (QED) is 0.311. The van der Waals surface area contributed by atoms with Gasteiger partial charge in [0.1, 0.15) is 25.0 Å². The Kier molecular flexibility index (Phi) is 7.92. The predicted octanol–water partition coefficient (Wildman–Crippen LogP) is 5.50. The molecule has 11 atom stereocenters. The molecule has 6 aliphatic rings. The summed E-state index contributed by atoms with van der Waals surface area (Å²) in [6.45, 7) is 11.9. The van der Waals surface area contributed by atoms with Gasteiger partial charge in [0.15, 0.2) is 5.79 Å². The van der Waals surface area contributed by atoms with Crippen molar-refractivity contribution in [3.05, 3.63) is 64.7 Å². The summed E-state index contributed by atoms with van der Waals surface area (Å²) in [6, 6.07) is 9.14. The molecule has 3 heterocycles. The van der Waals surface area contributed by atoms with Crippen LogP contribution in [0.4, 0.5) is 0 Å². The minimum Gasteiger partial charge on any atom is -1.00 e. The molecule has 1 spiro atoms. The SMILES string of the molecule is C[C@@H]1CC[C@@]2(OC1)O[C@H]1C[C@H]3[C@@H]4CC=C5C[C@@H](n6cc[n+](Cc7ccccc7Br)c6)CC[C@]5(C)[C@H]4CC[C@]3(C)[C@H]1[C@@H]2C.[Br-]. The van der Waals surface area contributed by atoms with Crippen molar-refractivity contribution in [1.82, 2.24) is 4.57 Å². The summed E-state index contributed by atoms with van der Waals surface area (Å²) in [5.41, 5.74) is 3.86. The van der Waals surface area contributed by atoms with Crippen LogP contribution in [0.3, 0.4) is 0 Å². The molecule has 0 N–H and O–H groups in total. The molecule has 0 unspecified atom stereocenters. The van der Waals surface area contributed by atoms with E-state index in [-0.39, 0.29) is 22.8 Å². The van der Waals surface area contributed by atoms with Crippen LogP contribution in [-0.4, -0.2) is 23.1 Å². The smallest absolute Gasteiger partial charge is 0.244 e. The second-order valence-corrected chi connectivity index (χ2v) is 16.7. The van der Waals surface area contributed by atoms with Crippen LogP contribution >= 0.6 is 15.9 Å². The molecule has 5 fully saturated rings. The maximum absolute atomic E-state index is 7.01. The van der Waals surface area contributed by atoms with E-state index in [1.165, 1.54) is 61.4 Å². The van der Waals surface area contributed by atoms with E-state index in [2.05, 4.69) is 102 Å². The van der Waals surface area contributed by atoms with Gasteiger partial charge >= 0.3 is 0 Å². The molecule has 4 nitrogen and oxygen atoms in total. The summed E-state index contributed by atoms with van der Waals surface area (Å²) < 4.78 is 19.6. The molecule has 0 radical (unpaired) electrons. The van der Waals surface area contributed by atoms with Gasteiger partial charge in [0.25, 0.3) is 0 Å². The number of halogens is 2. The maximum atomic E-state index is 7.01. The largest absolute Gasteiger partial charge is 1.00 e. The normalized spacial score (nSPS) is 45.0. The van der Waals surface area contributed by atoms with Gasteiger partial charge in [0, 0.05) is 28.8 Å². The molecule has 8 rings (SSSR count). The Morgan fingerprint density at radius 1 is 1.05 bits per heavy atom. The van der Waals surface area contributed by atoms with Crippen molar-refractivity contribution in [3.8, 4) is 0 Å². The first-order chi connectivity index (χ1) is 20.2. The highest BCUT2D eigenvalue weighted by Gasteiger charge is 2.68. The first kappa shape index (κ1) is 30.7. The minimum absolute atomic E-state index is 0. The van der Waals surface area contributed by atoms with Crippen molar-refractivity contribution in [2.45, 2.75) is 110 Å². The van der Waals surface area contributed by atoms with Gasteiger partial charge in [0.05, 0.1) is 12.7 Å². The van der Waals surface area contributed by atoms with Gasteiger partial charge in [-0.25, -0.2) is 9.13 Å². The van der Waals surface area contributed by atoms with Crippen LogP contribution in [-0.2, 0) is 16.0 Å². The summed E-state index contributed by atoms with van der Waals surface area (Å²) in [7, 11) is 0. The Bertz CT molecular complexity index is 1380. The first-order valence-corrected chi connectivity index (χ1v) is 17.8. The topological polar surface area (TPSA) is 27.3 Å². The van der Waals surface area contributed by atoms with Gasteiger partial charge < -0.3 is 26.5 Å². The summed E-state index contributed by atoms with van der Waals surface area (Å²) in [5, 5.41) is 0. The first-order valence-electron chi connectivity index (χ1n) is 17.0. The highest BCUT2D eigenvalue weighted by atomic mass is 79.9. The standard InChI is InChI=1S/C37H50BrN2O2.BrH/c1-24-11-16-37(41-22-24)25(2)34-33(42-37)20-31-29-10-9-27-19-28(12-14-35(27,3)30(29)13-15-36(31,34)4)40-18-17-39(23-40)21-26-7-5-6-8-32(26)38;/h5-9,17-18,23-25,28-31,33-34H,10-16,19-22H2,1-4H3;1H/q+1;/p-1/t24-,25+,28+,29-,30+,31+,33+,34+,35+,36+,37-;/m1./s1. The minimum atomic E-state index is -0.301. The second-order valence-electron chi connectivity index (χ2n) is 15.8. The van der Waals surface area contributed by atoms with Gasteiger partial charge in [-0.1, -0.05) is 73.5 Å². The Labute approximate surface area is 277 Å². The lowest BCUT2D eigenvalue weighted by Crippen LogP contribution is -3.00. The summed E-state index contributed by atoms with van der Waals surface area (Å²) in [4.78, 5) is 0. The second kappa shape index (κ2) is 11.1. The van der Waals surface area contributed by atoms with Crippen LogP contribution in [0.15, 0.2) is 59.1 Å². The third-order valence-electron chi connectivity index (χ3n) is 13.8. The van der Waals surface area contributed by atoms with Crippen molar-refractivity contribution in [2.24, 2.45) is 46.3 Å². The van der Waals surface area contributed by atoms with E-state index < -0.39 is 0 Å². The molecule has 2 aromatic rings. The number of benzene rings is 1. The molecule has 0 bridgehead atoms. The molecular formula is C37H50Br2N2O2. The Morgan fingerprint density at radius 2 is 1.88 bits per heavy atom. The molecular weight excluding hydrogens is 664 g/mol. The molecule has 6 heteroatoms. The number of allylic oxidation sites excluding steroid dienone is 2. The maximum Gasteiger partial charge on any atom is 0.244 e. The lowest BCUT2D eigenvalue weighted by molar-refractivity contribution is -0.688. The number of nitrogens with zero attached hydrogens (tertiary/aromatic N) is 2. The average molecular weight is 715 g/mol. The average Bonchev–Trinajstić information content (AvgIpc) is 3.64. The van der Waals surface area contributed by atoms with Crippen LogP contribution in [0.1, 0.15) is 97.1 Å². The van der Waals surface area contributed by atoms with Crippen molar-refractivity contribution in [1.29, 1.82) is 0 Å². The monoisotopic (exact) mass is 712 g/mol. The van der Waals surface area contributed by atoms with Crippen LogP contribution in [0.25, 0.3) is 0 Å². The van der Waals surface area contributed by atoms with Crippen molar-refractivity contribution >= 4 is 15.9 Å². The van der Waals surface area contributed by atoms with E-state index in [1.54, 1.807) is 5.57 Å². The molecule has 2 aliphatic heterocycles. The lowest BCUT2D eigenvalue weighted by atomic mass is 9.46. The molecule has 2 saturated heterocycles. The van der Waals surface area contributed by atoms with Crippen LogP contribution in [0.2, 0.25) is 0 Å². The van der Waals surface area contributed by atoms with Gasteiger partial charge in [-0.05, 0) is 91.4 Å². The number of rotatable bonds is 3. The van der Waals surface area contributed by atoms with E-state index in [0.29, 0.717) is 40.7 Å². The Morgan fingerprint density at radius 3 is 2.67 bits per heavy atom. The number of ether oxygens (including phenoxy) is 2. The van der Waals surface area contributed by atoms with Crippen molar-refractivity contribution < 1.29 is 31.0 Å². The Balaban J connectivity index is 0.00000300. The van der Waals surface area contributed by atoms with Crippen molar-refractivity contribution in [2.75, 3.05) is 6.61 Å². The molecule has 0 amide bonds. The van der Waals surface area contributed by atoms with E-state index in [9.17, 15) is 0 Å². The predicted molar refractivity (Wildman–Crippen MR) is 169 cm³/mol. The highest BCUT2D eigenvalue weighted by Crippen LogP contribution is 2.70. The highest BCUT2D eigenvalue weighted by molar-refractivity contribution is 9.10. The van der Waals surface area contributed by atoms with Gasteiger partial charge in [-0.2, -0.15) is 0 Å².